The smallest absolute Gasteiger partial charge is 0.00885 e. The monoisotopic (exact) mass is 268 g/mol. The molecule has 84 valence electrons. The minimum absolute atomic E-state index is 0.407. The van der Waals surface area contributed by atoms with Crippen molar-refractivity contribution in [2.75, 3.05) is 5.33 Å². The molecule has 1 aromatic rings. The van der Waals surface area contributed by atoms with Gasteiger partial charge in [0.05, 0.1) is 0 Å². The molecule has 0 aliphatic carbocycles. The zero-order valence-electron chi connectivity index (χ0n) is 10.0. The maximum absolute atomic E-state index is 3.64. The van der Waals surface area contributed by atoms with E-state index in [1.807, 2.05) is 0 Å². The molecule has 0 bridgehead atoms. The summed E-state index contributed by atoms with van der Waals surface area (Å²) in [7, 11) is 0. The zero-order valence-corrected chi connectivity index (χ0v) is 11.6. The van der Waals surface area contributed by atoms with Crippen LogP contribution in [0.2, 0.25) is 0 Å². The van der Waals surface area contributed by atoms with Crippen LogP contribution in [0.3, 0.4) is 0 Å². The summed E-state index contributed by atoms with van der Waals surface area (Å²) in [6.07, 6.45) is 3.71. The van der Waals surface area contributed by atoms with Crippen LogP contribution >= 0.6 is 15.9 Å². The lowest BCUT2D eigenvalue weighted by Gasteiger charge is -2.27. The first-order valence-electron chi connectivity index (χ1n) is 5.71. The maximum atomic E-state index is 3.64. The van der Waals surface area contributed by atoms with Crippen LogP contribution in [0.5, 0.6) is 0 Å². The second kappa shape index (κ2) is 5.69. The summed E-state index contributed by atoms with van der Waals surface area (Å²) >= 11 is 3.64. The molecule has 1 heteroatoms. The molecule has 0 fully saturated rings. The van der Waals surface area contributed by atoms with Crippen LogP contribution < -0.4 is 0 Å². The van der Waals surface area contributed by atoms with Crippen molar-refractivity contribution in [1.29, 1.82) is 0 Å². The fraction of sp³-hybridized carbons (Fsp3) is 0.571. The Bertz CT molecular complexity index is 289. The van der Waals surface area contributed by atoms with Gasteiger partial charge in [0, 0.05) is 5.33 Å². The van der Waals surface area contributed by atoms with E-state index in [0.29, 0.717) is 5.41 Å². The number of hydrogen-bond donors (Lipinski definition) is 0. The molecular formula is C14H21Br. The van der Waals surface area contributed by atoms with E-state index in [9.17, 15) is 0 Å². The van der Waals surface area contributed by atoms with Gasteiger partial charge < -0.3 is 0 Å². The van der Waals surface area contributed by atoms with E-state index < -0.39 is 0 Å². The first kappa shape index (κ1) is 12.8. The van der Waals surface area contributed by atoms with E-state index in [1.165, 1.54) is 30.4 Å². The van der Waals surface area contributed by atoms with Gasteiger partial charge in [0.2, 0.25) is 0 Å². The quantitative estimate of drug-likeness (QED) is 0.677. The lowest BCUT2D eigenvalue weighted by Crippen LogP contribution is -2.21. The molecule has 1 rings (SSSR count). The lowest BCUT2D eigenvalue weighted by atomic mass is 9.82. The molecule has 0 aromatic heterocycles. The molecule has 0 saturated carbocycles. The molecule has 0 aliphatic rings. The molecule has 0 aliphatic heterocycles. The van der Waals surface area contributed by atoms with Gasteiger partial charge in [-0.15, -0.1) is 0 Å². The van der Waals surface area contributed by atoms with Gasteiger partial charge in [-0.3, -0.25) is 0 Å². The van der Waals surface area contributed by atoms with E-state index >= 15 is 0 Å². The number of halogens is 1. The highest BCUT2D eigenvalue weighted by atomic mass is 79.9. The van der Waals surface area contributed by atoms with Crippen molar-refractivity contribution in [1.82, 2.24) is 0 Å². The van der Waals surface area contributed by atoms with Crippen LogP contribution in [0.4, 0.5) is 0 Å². The van der Waals surface area contributed by atoms with Gasteiger partial charge in [-0.25, -0.2) is 0 Å². The predicted octanol–water partition coefficient (Wildman–Crippen LogP) is 4.74. The van der Waals surface area contributed by atoms with Crippen molar-refractivity contribution in [3.8, 4) is 0 Å². The molecular weight excluding hydrogens is 248 g/mol. The fourth-order valence-electron chi connectivity index (χ4n) is 2.00. The molecule has 0 spiro atoms. The van der Waals surface area contributed by atoms with Gasteiger partial charge in [-0.1, -0.05) is 66.0 Å². The molecule has 1 atom stereocenters. The van der Waals surface area contributed by atoms with Crippen LogP contribution in [0.15, 0.2) is 24.3 Å². The standard InChI is InChI=1S/C14H21Br/c1-4-9-14(3,11-15)10-13-7-5-12(2)6-8-13/h5-8H,4,9-11H2,1-3H3. The first-order chi connectivity index (χ1) is 7.09. The summed E-state index contributed by atoms with van der Waals surface area (Å²) in [5.41, 5.74) is 3.20. The molecule has 0 N–H and O–H groups in total. The minimum Gasteiger partial charge on any atom is -0.0922 e. The lowest BCUT2D eigenvalue weighted by molar-refractivity contribution is 0.340. The summed E-state index contributed by atoms with van der Waals surface area (Å²) in [4.78, 5) is 0. The van der Waals surface area contributed by atoms with E-state index in [2.05, 4.69) is 61.0 Å². The van der Waals surface area contributed by atoms with Gasteiger partial charge in [-0.05, 0) is 30.7 Å². The minimum atomic E-state index is 0.407. The first-order valence-corrected chi connectivity index (χ1v) is 6.83. The second-order valence-corrected chi connectivity index (χ2v) is 5.42. The number of alkyl halides is 1. The van der Waals surface area contributed by atoms with Crippen LogP contribution in [0.1, 0.15) is 37.8 Å². The van der Waals surface area contributed by atoms with Gasteiger partial charge in [0.15, 0.2) is 0 Å². The van der Waals surface area contributed by atoms with Crippen LogP contribution in [0.25, 0.3) is 0 Å². The Morgan fingerprint density at radius 3 is 2.27 bits per heavy atom. The van der Waals surface area contributed by atoms with Crippen LogP contribution in [-0.2, 0) is 6.42 Å². The Morgan fingerprint density at radius 1 is 1.20 bits per heavy atom. The Balaban J connectivity index is 2.70. The molecule has 1 aromatic carbocycles. The molecule has 0 radical (unpaired) electrons. The van der Waals surface area contributed by atoms with E-state index in [4.69, 9.17) is 0 Å². The van der Waals surface area contributed by atoms with Gasteiger partial charge in [0.1, 0.15) is 0 Å². The van der Waals surface area contributed by atoms with Gasteiger partial charge >= 0.3 is 0 Å². The normalized spacial score (nSPS) is 14.9. The fourth-order valence-corrected chi connectivity index (χ4v) is 2.48. The third-order valence-electron chi connectivity index (χ3n) is 2.93. The van der Waals surface area contributed by atoms with Crippen molar-refractivity contribution >= 4 is 15.9 Å². The highest BCUT2D eigenvalue weighted by Gasteiger charge is 2.21. The summed E-state index contributed by atoms with van der Waals surface area (Å²) < 4.78 is 0. The number of benzene rings is 1. The van der Waals surface area contributed by atoms with Crippen molar-refractivity contribution < 1.29 is 0 Å². The van der Waals surface area contributed by atoms with E-state index in [1.54, 1.807) is 0 Å². The van der Waals surface area contributed by atoms with Gasteiger partial charge in [-0.2, -0.15) is 0 Å². The maximum Gasteiger partial charge on any atom is 0.00885 e. The summed E-state index contributed by atoms with van der Waals surface area (Å²) in [6, 6.07) is 8.92. The van der Waals surface area contributed by atoms with E-state index in [0.717, 1.165) is 5.33 Å². The highest BCUT2D eigenvalue weighted by Crippen LogP contribution is 2.30. The zero-order chi connectivity index (χ0) is 11.3. The van der Waals surface area contributed by atoms with Crippen molar-refractivity contribution in [3.05, 3.63) is 35.4 Å². The third kappa shape index (κ3) is 3.98. The van der Waals surface area contributed by atoms with Crippen LogP contribution in [-0.4, -0.2) is 5.33 Å². The number of rotatable bonds is 5. The Hall–Kier alpha value is -0.300. The average molecular weight is 269 g/mol. The number of hydrogen-bond acceptors (Lipinski definition) is 0. The second-order valence-electron chi connectivity index (χ2n) is 4.86. The Labute approximate surface area is 102 Å². The summed E-state index contributed by atoms with van der Waals surface area (Å²) in [6.45, 7) is 6.76. The molecule has 1 unspecified atom stereocenters. The Kier molecular flexibility index (Phi) is 4.85. The number of aryl methyl sites for hydroxylation is 1. The topological polar surface area (TPSA) is 0 Å². The molecule has 15 heavy (non-hydrogen) atoms. The third-order valence-corrected chi connectivity index (χ3v) is 4.28. The van der Waals surface area contributed by atoms with E-state index in [-0.39, 0.29) is 0 Å². The largest absolute Gasteiger partial charge is 0.0922 e. The molecule has 0 amide bonds. The molecule has 0 heterocycles. The molecule has 0 nitrogen and oxygen atoms in total. The summed E-state index contributed by atoms with van der Waals surface area (Å²) in [5, 5.41) is 1.09. The predicted molar refractivity (Wildman–Crippen MR) is 71.7 cm³/mol. The summed E-state index contributed by atoms with van der Waals surface area (Å²) in [5.74, 6) is 0. The molecule has 0 saturated heterocycles. The van der Waals surface area contributed by atoms with Crippen molar-refractivity contribution in [3.63, 3.8) is 0 Å². The van der Waals surface area contributed by atoms with Crippen molar-refractivity contribution in [2.24, 2.45) is 5.41 Å². The average Bonchev–Trinajstić information content (AvgIpc) is 2.22. The Morgan fingerprint density at radius 2 is 1.80 bits per heavy atom. The SMILES string of the molecule is CCCC(C)(CBr)Cc1ccc(C)cc1. The van der Waals surface area contributed by atoms with Gasteiger partial charge in [0.25, 0.3) is 0 Å². The van der Waals surface area contributed by atoms with Crippen molar-refractivity contribution in [2.45, 2.75) is 40.0 Å². The van der Waals surface area contributed by atoms with Crippen LogP contribution in [0, 0.1) is 12.3 Å². The highest BCUT2D eigenvalue weighted by molar-refractivity contribution is 9.09.